The quantitative estimate of drug-likeness (QED) is 0.637. The molecule has 3 nitrogen and oxygen atoms in total. The summed E-state index contributed by atoms with van der Waals surface area (Å²) in [6, 6.07) is 0. The zero-order valence-corrected chi connectivity index (χ0v) is 7.83. The number of carbonyl (C=O) groups is 1. The summed E-state index contributed by atoms with van der Waals surface area (Å²) < 4.78 is 0. The molecular formula is C10H17NO2. The van der Waals surface area contributed by atoms with Crippen LogP contribution in [0.4, 0.5) is 0 Å². The van der Waals surface area contributed by atoms with Gasteiger partial charge in [-0.3, -0.25) is 4.79 Å². The average molecular weight is 183 g/mol. The Hall–Kier alpha value is -0.830. The van der Waals surface area contributed by atoms with Gasteiger partial charge in [-0.05, 0) is 31.3 Å². The van der Waals surface area contributed by atoms with Crippen molar-refractivity contribution in [3.05, 3.63) is 12.7 Å². The van der Waals surface area contributed by atoms with Gasteiger partial charge in [0.05, 0.1) is 6.10 Å². The second kappa shape index (κ2) is 5.02. The van der Waals surface area contributed by atoms with E-state index in [1.165, 1.54) is 6.08 Å². The molecule has 1 fully saturated rings. The molecule has 0 bridgehead atoms. The van der Waals surface area contributed by atoms with Crippen molar-refractivity contribution in [3.63, 3.8) is 0 Å². The molecule has 1 saturated carbocycles. The molecule has 1 rings (SSSR count). The van der Waals surface area contributed by atoms with Crippen LogP contribution in [0.5, 0.6) is 0 Å². The van der Waals surface area contributed by atoms with E-state index in [1.54, 1.807) is 0 Å². The summed E-state index contributed by atoms with van der Waals surface area (Å²) >= 11 is 0. The van der Waals surface area contributed by atoms with Crippen LogP contribution in [0.2, 0.25) is 0 Å². The third-order valence-electron chi connectivity index (χ3n) is 2.51. The maximum Gasteiger partial charge on any atom is 0.243 e. The van der Waals surface area contributed by atoms with Crippen molar-refractivity contribution in [2.75, 3.05) is 6.54 Å². The normalized spacial score (nSPS) is 28.1. The van der Waals surface area contributed by atoms with Gasteiger partial charge in [-0.25, -0.2) is 0 Å². The molecule has 0 heterocycles. The van der Waals surface area contributed by atoms with Gasteiger partial charge in [-0.15, -0.1) is 0 Å². The molecule has 0 saturated heterocycles. The second-order valence-corrected chi connectivity index (χ2v) is 3.64. The van der Waals surface area contributed by atoms with E-state index in [4.69, 9.17) is 0 Å². The monoisotopic (exact) mass is 183 g/mol. The van der Waals surface area contributed by atoms with Crippen LogP contribution in [0.25, 0.3) is 0 Å². The van der Waals surface area contributed by atoms with E-state index in [1.807, 2.05) is 0 Å². The molecular weight excluding hydrogens is 166 g/mol. The molecule has 0 aromatic carbocycles. The average Bonchev–Trinajstić information content (AvgIpc) is 2.14. The SMILES string of the molecule is C=CC(=O)NCC1CCCC(O)C1. The number of aliphatic hydroxyl groups excluding tert-OH is 1. The lowest BCUT2D eigenvalue weighted by Crippen LogP contribution is -2.31. The number of hydrogen-bond donors (Lipinski definition) is 2. The zero-order chi connectivity index (χ0) is 9.68. The van der Waals surface area contributed by atoms with Crippen molar-refractivity contribution in [3.8, 4) is 0 Å². The fraction of sp³-hybridized carbons (Fsp3) is 0.700. The summed E-state index contributed by atoms with van der Waals surface area (Å²) in [7, 11) is 0. The number of hydrogen-bond acceptors (Lipinski definition) is 2. The smallest absolute Gasteiger partial charge is 0.243 e. The highest BCUT2D eigenvalue weighted by atomic mass is 16.3. The summed E-state index contributed by atoms with van der Waals surface area (Å²) in [5.41, 5.74) is 0. The predicted molar refractivity (Wildman–Crippen MR) is 51.2 cm³/mol. The van der Waals surface area contributed by atoms with Gasteiger partial charge in [0.25, 0.3) is 0 Å². The van der Waals surface area contributed by atoms with Crippen molar-refractivity contribution >= 4 is 5.91 Å². The predicted octanol–water partition coefficient (Wildman–Crippen LogP) is 0.840. The Morgan fingerprint density at radius 3 is 3.00 bits per heavy atom. The van der Waals surface area contributed by atoms with Crippen LogP contribution >= 0.6 is 0 Å². The Morgan fingerprint density at radius 2 is 2.38 bits per heavy atom. The Bertz CT molecular complexity index is 191. The zero-order valence-electron chi connectivity index (χ0n) is 7.83. The van der Waals surface area contributed by atoms with Crippen LogP contribution in [0.3, 0.4) is 0 Å². The summed E-state index contributed by atoms with van der Waals surface area (Å²) in [5.74, 6) is 0.313. The van der Waals surface area contributed by atoms with E-state index in [0.717, 1.165) is 25.7 Å². The first-order valence-electron chi connectivity index (χ1n) is 4.80. The molecule has 1 aliphatic rings. The summed E-state index contributed by atoms with van der Waals surface area (Å²) in [5, 5.41) is 12.1. The molecule has 74 valence electrons. The second-order valence-electron chi connectivity index (χ2n) is 3.64. The van der Waals surface area contributed by atoms with E-state index >= 15 is 0 Å². The van der Waals surface area contributed by atoms with E-state index < -0.39 is 0 Å². The van der Waals surface area contributed by atoms with Crippen molar-refractivity contribution in [1.82, 2.24) is 5.32 Å². The molecule has 1 aliphatic carbocycles. The molecule has 0 aliphatic heterocycles. The molecule has 2 unspecified atom stereocenters. The van der Waals surface area contributed by atoms with Gasteiger partial charge in [0.2, 0.25) is 5.91 Å². The van der Waals surface area contributed by atoms with E-state index in [-0.39, 0.29) is 12.0 Å². The summed E-state index contributed by atoms with van der Waals surface area (Å²) in [6.07, 6.45) is 5.01. The van der Waals surface area contributed by atoms with Crippen LogP contribution < -0.4 is 5.32 Å². The summed E-state index contributed by atoms with van der Waals surface area (Å²) in [6.45, 7) is 4.05. The molecule has 0 aromatic rings. The maximum atomic E-state index is 10.8. The van der Waals surface area contributed by atoms with Gasteiger partial charge in [0.1, 0.15) is 0 Å². The van der Waals surface area contributed by atoms with Crippen LogP contribution in [0.15, 0.2) is 12.7 Å². The maximum absolute atomic E-state index is 10.8. The van der Waals surface area contributed by atoms with E-state index in [0.29, 0.717) is 12.5 Å². The number of carbonyl (C=O) groups excluding carboxylic acids is 1. The minimum absolute atomic E-state index is 0.125. The van der Waals surface area contributed by atoms with Crippen molar-refractivity contribution in [1.29, 1.82) is 0 Å². The largest absolute Gasteiger partial charge is 0.393 e. The number of aliphatic hydroxyl groups is 1. The van der Waals surface area contributed by atoms with Gasteiger partial charge >= 0.3 is 0 Å². The number of rotatable bonds is 3. The molecule has 3 heteroatoms. The van der Waals surface area contributed by atoms with Gasteiger partial charge in [0, 0.05) is 6.54 Å². The third kappa shape index (κ3) is 3.59. The standard InChI is InChI=1S/C10H17NO2/c1-2-10(13)11-7-8-4-3-5-9(12)6-8/h2,8-9,12H,1,3-7H2,(H,11,13). The first kappa shape index (κ1) is 10.3. The van der Waals surface area contributed by atoms with Crippen LogP contribution in [-0.2, 0) is 4.79 Å². The number of nitrogens with one attached hydrogen (secondary N) is 1. The lowest BCUT2D eigenvalue weighted by Gasteiger charge is -2.25. The van der Waals surface area contributed by atoms with Gasteiger partial charge in [0.15, 0.2) is 0 Å². The Balaban J connectivity index is 2.20. The Morgan fingerprint density at radius 1 is 1.62 bits per heavy atom. The molecule has 0 spiro atoms. The highest BCUT2D eigenvalue weighted by molar-refractivity contribution is 5.86. The van der Waals surface area contributed by atoms with E-state index in [9.17, 15) is 9.90 Å². The molecule has 0 aromatic heterocycles. The summed E-state index contributed by atoms with van der Waals surface area (Å²) in [4.78, 5) is 10.8. The molecule has 2 atom stereocenters. The van der Waals surface area contributed by atoms with Crippen LogP contribution in [0, 0.1) is 5.92 Å². The first-order chi connectivity index (χ1) is 6.22. The minimum Gasteiger partial charge on any atom is -0.393 e. The highest BCUT2D eigenvalue weighted by Gasteiger charge is 2.19. The Kier molecular flexibility index (Phi) is 3.96. The van der Waals surface area contributed by atoms with Crippen molar-refractivity contribution in [2.45, 2.75) is 31.8 Å². The van der Waals surface area contributed by atoms with E-state index in [2.05, 4.69) is 11.9 Å². The lowest BCUT2D eigenvalue weighted by atomic mass is 9.87. The molecule has 0 radical (unpaired) electrons. The van der Waals surface area contributed by atoms with Crippen LogP contribution in [0.1, 0.15) is 25.7 Å². The lowest BCUT2D eigenvalue weighted by molar-refractivity contribution is -0.116. The molecule has 2 N–H and O–H groups in total. The molecule has 13 heavy (non-hydrogen) atoms. The minimum atomic E-state index is -0.167. The first-order valence-corrected chi connectivity index (χ1v) is 4.80. The van der Waals surface area contributed by atoms with Gasteiger partial charge < -0.3 is 10.4 Å². The van der Waals surface area contributed by atoms with Crippen molar-refractivity contribution in [2.24, 2.45) is 5.92 Å². The van der Waals surface area contributed by atoms with Gasteiger partial charge in [-0.1, -0.05) is 13.0 Å². The topological polar surface area (TPSA) is 49.3 Å². The fourth-order valence-corrected chi connectivity index (χ4v) is 1.77. The Labute approximate surface area is 78.8 Å². The third-order valence-corrected chi connectivity index (χ3v) is 2.51. The highest BCUT2D eigenvalue weighted by Crippen LogP contribution is 2.23. The fourth-order valence-electron chi connectivity index (χ4n) is 1.77. The van der Waals surface area contributed by atoms with Crippen molar-refractivity contribution < 1.29 is 9.90 Å². The van der Waals surface area contributed by atoms with Crippen LogP contribution in [-0.4, -0.2) is 23.7 Å². The number of amides is 1. The molecule has 1 amide bonds. The van der Waals surface area contributed by atoms with Gasteiger partial charge in [-0.2, -0.15) is 0 Å².